The van der Waals surface area contributed by atoms with Crippen LogP contribution in [0.1, 0.15) is 55.4 Å². The number of rotatable bonds is 8. The molecular formula is C16H37P. The SMILES string of the molecule is CC(C)C[PH](CC(C)C)(CC(C)C)CC(C)C. The molecule has 0 unspecified atom stereocenters. The summed E-state index contributed by atoms with van der Waals surface area (Å²) in [6, 6.07) is 0. The van der Waals surface area contributed by atoms with Crippen molar-refractivity contribution in [2.24, 2.45) is 23.7 Å². The Hall–Kier alpha value is 0.430. The van der Waals surface area contributed by atoms with Crippen LogP contribution >= 0.6 is 7.26 Å². The van der Waals surface area contributed by atoms with E-state index < -0.39 is 7.26 Å². The van der Waals surface area contributed by atoms with Crippen molar-refractivity contribution in [1.82, 2.24) is 0 Å². The Labute approximate surface area is 111 Å². The van der Waals surface area contributed by atoms with Crippen molar-refractivity contribution in [2.45, 2.75) is 55.4 Å². The van der Waals surface area contributed by atoms with Gasteiger partial charge in [-0.15, -0.1) is 0 Å². The Morgan fingerprint density at radius 3 is 0.765 bits per heavy atom. The molecular weight excluding hydrogens is 223 g/mol. The Balaban J connectivity index is 4.89. The summed E-state index contributed by atoms with van der Waals surface area (Å²) in [5, 5.41) is 0. The van der Waals surface area contributed by atoms with Crippen LogP contribution in [0.15, 0.2) is 0 Å². The van der Waals surface area contributed by atoms with E-state index in [0.29, 0.717) is 0 Å². The molecule has 0 aromatic carbocycles. The molecule has 0 heterocycles. The topological polar surface area (TPSA) is 0 Å². The second-order valence-corrected chi connectivity index (χ2v) is 12.5. The molecule has 0 nitrogen and oxygen atoms in total. The molecule has 0 saturated heterocycles. The fourth-order valence-corrected chi connectivity index (χ4v) is 11.9. The third-order valence-electron chi connectivity index (χ3n) is 3.37. The zero-order valence-electron chi connectivity index (χ0n) is 13.6. The molecule has 106 valence electrons. The van der Waals surface area contributed by atoms with Gasteiger partial charge in [-0.2, -0.15) is 0 Å². The maximum absolute atomic E-state index is 2.42. The Morgan fingerprint density at radius 2 is 0.647 bits per heavy atom. The van der Waals surface area contributed by atoms with E-state index in [1.165, 1.54) is 0 Å². The number of hydrogen-bond acceptors (Lipinski definition) is 0. The maximum atomic E-state index is 2.42. The first-order valence-electron chi connectivity index (χ1n) is 7.67. The molecule has 0 radical (unpaired) electrons. The van der Waals surface area contributed by atoms with E-state index in [9.17, 15) is 0 Å². The van der Waals surface area contributed by atoms with Crippen LogP contribution in [0.25, 0.3) is 0 Å². The molecule has 0 N–H and O–H groups in total. The van der Waals surface area contributed by atoms with Crippen LogP contribution in [0.2, 0.25) is 0 Å². The van der Waals surface area contributed by atoms with Gasteiger partial charge in [0.05, 0.1) is 0 Å². The summed E-state index contributed by atoms with van der Waals surface area (Å²) >= 11 is 0. The fourth-order valence-electron chi connectivity index (χ4n) is 3.96. The van der Waals surface area contributed by atoms with Gasteiger partial charge in [0.2, 0.25) is 0 Å². The van der Waals surface area contributed by atoms with E-state index in [2.05, 4.69) is 55.4 Å². The van der Waals surface area contributed by atoms with Crippen LogP contribution < -0.4 is 0 Å². The van der Waals surface area contributed by atoms with E-state index in [1.54, 1.807) is 24.6 Å². The summed E-state index contributed by atoms with van der Waals surface area (Å²) in [6.45, 7) is 19.4. The third-order valence-corrected chi connectivity index (χ3v) is 10.1. The Morgan fingerprint density at radius 1 is 0.471 bits per heavy atom. The first-order chi connectivity index (χ1) is 7.67. The van der Waals surface area contributed by atoms with E-state index in [4.69, 9.17) is 0 Å². The predicted octanol–water partition coefficient (Wildman–Crippen LogP) is 5.36. The van der Waals surface area contributed by atoms with Crippen molar-refractivity contribution >= 4 is 7.26 Å². The van der Waals surface area contributed by atoms with Crippen molar-refractivity contribution in [3.05, 3.63) is 0 Å². The van der Waals surface area contributed by atoms with Crippen molar-refractivity contribution in [2.75, 3.05) is 24.6 Å². The van der Waals surface area contributed by atoms with Gasteiger partial charge in [-0.1, -0.05) is 0 Å². The molecule has 0 bridgehead atoms. The minimum atomic E-state index is -1.05. The first kappa shape index (κ1) is 17.4. The molecule has 0 spiro atoms. The van der Waals surface area contributed by atoms with E-state index in [-0.39, 0.29) is 0 Å². The van der Waals surface area contributed by atoms with Gasteiger partial charge in [0.15, 0.2) is 0 Å². The van der Waals surface area contributed by atoms with Crippen LogP contribution in [0, 0.1) is 23.7 Å². The zero-order valence-corrected chi connectivity index (χ0v) is 14.6. The molecule has 1 heteroatoms. The van der Waals surface area contributed by atoms with E-state index in [0.717, 1.165) is 23.7 Å². The summed E-state index contributed by atoms with van der Waals surface area (Å²) in [5.74, 6) is 3.55. The standard InChI is InChI=1S/C16H37P/c1-13(2)9-17(10-14(3)4,11-15(5)6)12-16(7)8/h13-17H,9-12H2,1-8H3. The minimum absolute atomic E-state index is 0.887. The van der Waals surface area contributed by atoms with Crippen molar-refractivity contribution in [3.8, 4) is 0 Å². The monoisotopic (exact) mass is 260 g/mol. The molecule has 0 rings (SSSR count). The summed E-state index contributed by atoms with van der Waals surface area (Å²) < 4.78 is 0. The summed E-state index contributed by atoms with van der Waals surface area (Å²) in [4.78, 5) is 0. The first-order valence-corrected chi connectivity index (χ1v) is 10.5. The van der Waals surface area contributed by atoms with Crippen molar-refractivity contribution in [1.29, 1.82) is 0 Å². The summed E-state index contributed by atoms with van der Waals surface area (Å²) in [7, 11) is -1.05. The van der Waals surface area contributed by atoms with Gasteiger partial charge in [-0.05, 0) is 0 Å². The van der Waals surface area contributed by atoms with Crippen LogP contribution in [0.3, 0.4) is 0 Å². The van der Waals surface area contributed by atoms with Crippen LogP contribution in [-0.4, -0.2) is 24.6 Å². The Bertz CT molecular complexity index is 146. The molecule has 0 saturated carbocycles. The van der Waals surface area contributed by atoms with Crippen LogP contribution in [-0.2, 0) is 0 Å². The van der Waals surface area contributed by atoms with Crippen LogP contribution in [0.4, 0.5) is 0 Å². The van der Waals surface area contributed by atoms with Gasteiger partial charge >= 0.3 is 111 Å². The summed E-state index contributed by atoms with van der Waals surface area (Å²) in [6.07, 6.45) is 6.17. The molecule has 0 amide bonds. The molecule has 0 atom stereocenters. The molecule has 17 heavy (non-hydrogen) atoms. The molecule has 0 aliphatic carbocycles. The van der Waals surface area contributed by atoms with Gasteiger partial charge in [0.25, 0.3) is 0 Å². The number of hydrogen-bond donors (Lipinski definition) is 0. The molecule has 0 fully saturated rings. The van der Waals surface area contributed by atoms with E-state index >= 15 is 0 Å². The van der Waals surface area contributed by atoms with E-state index in [1.807, 2.05) is 0 Å². The van der Waals surface area contributed by atoms with Gasteiger partial charge in [-0.25, -0.2) is 0 Å². The third kappa shape index (κ3) is 8.20. The summed E-state index contributed by atoms with van der Waals surface area (Å²) in [5.41, 5.74) is 0. The average Bonchev–Trinajstić information content (AvgIpc) is 1.95. The van der Waals surface area contributed by atoms with Crippen molar-refractivity contribution < 1.29 is 0 Å². The van der Waals surface area contributed by atoms with Crippen molar-refractivity contribution in [3.63, 3.8) is 0 Å². The van der Waals surface area contributed by atoms with Gasteiger partial charge in [-0.3, -0.25) is 0 Å². The van der Waals surface area contributed by atoms with Gasteiger partial charge in [0.1, 0.15) is 0 Å². The van der Waals surface area contributed by atoms with Crippen LogP contribution in [0.5, 0.6) is 0 Å². The quantitative estimate of drug-likeness (QED) is 0.515. The average molecular weight is 260 g/mol. The predicted molar refractivity (Wildman–Crippen MR) is 87.1 cm³/mol. The second-order valence-electron chi connectivity index (χ2n) is 7.89. The molecule has 0 aliphatic rings. The normalized spacial score (nSPS) is 14.4. The molecule has 0 aliphatic heterocycles. The van der Waals surface area contributed by atoms with Gasteiger partial charge < -0.3 is 0 Å². The molecule has 0 aromatic rings. The van der Waals surface area contributed by atoms with Gasteiger partial charge in [0, 0.05) is 0 Å². The molecule has 0 aromatic heterocycles. The Kier molecular flexibility index (Phi) is 7.97. The second kappa shape index (κ2) is 7.78. The fraction of sp³-hybridized carbons (Fsp3) is 1.00. The zero-order chi connectivity index (χ0) is 13.6.